The molecule has 0 spiro atoms. The van der Waals surface area contributed by atoms with Crippen molar-refractivity contribution in [2.24, 2.45) is 0 Å². The van der Waals surface area contributed by atoms with Crippen LogP contribution in [0.4, 0.5) is 0 Å². The minimum Gasteiger partial charge on any atom is -0.543 e. The molecule has 0 N–H and O–H groups in total. The van der Waals surface area contributed by atoms with Crippen LogP contribution in [0.25, 0.3) is 11.0 Å². The Morgan fingerprint density at radius 2 is 2.12 bits per heavy atom. The van der Waals surface area contributed by atoms with Gasteiger partial charge in [0.25, 0.3) is 0 Å². The van der Waals surface area contributed by atoms with Crippen LogP contribution < -0.4 is 74.0 Å². The van der Waals surface area contributed by atoms with Gasteiger partial charge in [-0.25, -0.2) is 9.67 Å². The summed E-state index contributed by atoms with van der Waals surface area (Å²) in [6.07, 6.45) is 4.10. The largest absolute Gasteiger partial charge is 1.00 e. The molecule has 124 valence electrons. The molecule has 1 aliphatic carbocycles. The number of hydrogen-bond acceptors (Lipinski definition) is 5. The molecule has 0 unspecified atom stereocenters. The number of aromatic nitrogens is 3. The number of fused-ring (bicyclic) bond motifs is 1. The number of aromatic carboxylic acids is 1. The number of ether oxygens (including phenoxy) is 1. The van der Waals surface area contributed by atoms with Crippen LogP contribution in [-0.2, 0) is 11.5 Å². The number of carboxylic acid groups (broad SMARTS) is 1. The molecule has 2 aromatic rings. The molecule has 3 rings (SSSR count). The van der Waals surface area contributed by atoms with E-state index in [2.05, 4.69) is 29.7 Å². The fourth-order valence-corrected chi connectivity index (χ4v) is 3.24. The minimum absolute atomic E-state index is 0. The van der Waals surface area contributed by atoms with E-state index in [1.54, 1.807) is 0 Å². The Morgan fingerprint density at radius 3 is 2.71 bits per heavy atom. The van der Waals surface area contributed by atoms with Gasteiger partial charge in [-0.2, -0.15) is 5.10 Å². The van der Waals surface area contributed by atoms with Crippen molar-refractivity contribution in [3.63, 3.8) is 0 Å². The first-order chi connectivity index (χ1) is 10.8. The van der Waals surface area contributed by atoms with Crippen molar-refractivity contribution in [3.05, 3.63) is 23.5 Å². The van der Waals surface area contributed by atoms with Gasteiger partial charge in [0.1, 0.15) is 12.4 Å². The summed E-state index contributed by atoms with van der Waals surface area (Å²) < 4.78 is 7.18. The molecule has 6 nitrogen and oxygen atoms in total. The molecule has 0 aromatic carbocycles. The van der Waals surface area contributed by atoms with Crippen molar-refractivity contribution in [1.29, 1.82) is 0 Å². The van der Waals surface area contributed by atoms with E-state index < -0.39 is 14.0 Å². The fraction of sp³-hybridized carbons (Fsp3) is 0.562. The molecular formula is C16H22CsN3O3Si. The van der Waals surface area contributed by atoms with Crippen molar-refractivity contribution in [1.82, 2.24) is 14.8 Å². The van der Waals surface area contributed by atoms with Crippen LogP contribution in [0.2, 0.25) is 25.7 Å². The molecule has 0 bridgehead atoms. The number of rotatable bonds is 7. The second-order valence-corrected chi connectivity index (χ2v) is 13.0. The monoisotopic (exact) mass is 465 g/mol. The molecule has 1 fully saturated rings. The minimum atomic E-state index is -1.27. The number of pyridine rings is 1. The summed E-state index contributed by atoms with van der Waals surface area (Å²) in [4.78, 5) is 15.7. The topological polar surface area (TPSA) is 80.1 Å². The average molecular weight is 465 g/mol. The third-order valence-electron chi connectivity index (χ3n) is 4.06. The third-order valence-corrected chi connectivity index (χ3v) is 5.76. The predicted molar refractivity (Wildman–Crippen MR) is 87.9 cm³/mol. The van der Waals surface area contributed by atoms with Crippen molar-refractivity contribution >= 4 is 25.1 Å². The van der Waals surface area contributed by atoms with E-state index in [4.69, 9.17) is 4.74 Å². The summed E-state index contributed by atoms with van der Waals surface area (Å²) in [6, 6.07) is 2.94. The van der Waals surface area contributed by atoms with Crippen LogP contribution >= 0.6 is 0 Å². The Hall–Kier alpha value is 0.319. The first kappa shape index (κ1) is 20.6. The molecular weight excluding hydrogens is 443 g/mol. The van der Waals surface area contributed by atoms with Gasteiger partial charge in [-0.05, 0) is 36.4 Å². The van der Waals surface area contributed by atoms with E-state index in [1.165, 1.54) is 4.68 Å². The zero-order valence-electron chi connectivity index (χ0n) is 14.8. The van der Waals surface area contributed by atoms with Crippen LogP contribution in [-0.4, -0.2) is 35.4 Å². The second kappa shape index (κ2) is 8.34. The number of carbonyl (C=O) groups excluding carboxylic acids is 1. The standard InChI is InChI=1S/C16H23N3O3Si.Cs/c1-23(2,3)7-6-22-10-19-15-13(14(18-19)16(20)21)8-12(9-17-15)11-4-5-11;/h8-9,11H,4-7,10H2,1-3H3,(H,20,21);/q;+1/p-1. The van der Waals surface area contributed by atoms with E-state index >= 15 is 0 Å². The second-order valence-electron chi connectivity index (χ2n) is 7.40. The molecule has 2 aromatic heterocycles. The van der Waals surface area contributed by atoms with Gasteiger partial charge in [-0.1, -0.05) is 19.6 Å². The molecule has 0 aliphatic heterocycles. The fourth-order valence-electron chi connectivity index (χ4n) is 2.49. The maximum Gasteiger partial charge on any atom is 1.00 e. The Morgan fingerprint density at radius 1 is 1.42 bits per heavy atom. The van der Waals surface area contributed by atoms with Crippen molar-refractivity contribution in [2.45, 2.75) is 51.2 Å². The zero-order chi connectivity index (χ0) is 16.6. The Kier molecular flexibility index (Phi) is 7.17. The van der Waals surface area contributed by atoms with Gasteiger partial charge in [0.15, 0.2) is 5.65 Å². The maximum absolute atomic E-state index is 11.3. The molecule has 0 radical (unpaired) electrons. The molecule has 24 heavy (non-hydrogen) atoms. The molecule has 8 heteroatoms. The Balaban J connectivity index is 0.00000208. The number of nitrogens with zero attached hydrogens (tertiary/aromatic N) is 3. The summed E-state index contributed by atoms with van der Waals surface area (Å²) in [5.74, 6) is -0.761. The van der Waals surface area contributed by atoms with Crippen molar-refractivity contribution in [3.8, 4) is 0 Å². The van der Waals surface area contributed by atoms with Gasteiger partial charge in [-0.15, -0.1) is 0 Å². The van der Waals surface area contributed by atoms with E-state index in [-0.39, 0.29) is 81.3 Å². The van der Waals surface area contributed by atoms with Crippen LogP contribution in [0.1, 0.15) is 34.8 Å². The van der Waals surface area contributed by atoms with Gasteiger partial charge < -0.3 is 14.6 Å². The Bertz CT molecular complexity index is 738. The van der Waals surface area contributed by atoms with E-state index in [0.717, 1.165) is 24.4 Å². The summed E-state index contributed by atoms with van der Waals surface area (Å²) >= 11 is 0. The van der Waals surface area contributed by atoms with Crippen LogP contribution in [0.3, 0.4) is 0 Å². The third kappa shape index (κ3) is 5.16. The summed E-state index contributed by atoms with van der Waals surface area (Å²) in [6.45, 7) is 7.72. The maximum atomic E-state index is 11.3. The van der Waals surface area contributed by atoms with Crippen molar-refractivity contribution in [2.75, 3.05) is 6.61 Å². The molecule has 0 atom stereocenters. The SMILES string of the molecule is C[Si](C)(C)CCOCn1nc(C(=O)[O-])c2cc(C3CC3)cnc21.[Cs+]. The van der Waals surface area contributed by atoms with Crippen LogP contribution in [0.5, 0.6) is 0 Å². The predicted octanol–water partition coefficient (Wildman–Crippen LogP) is -1.01. The number of hydrogen-bond donors (Lipinski definition) is 0. The van der Waals surface area contributed by atoms with Crippen molar-refractivity contribution < 1.29 is 83.5 Å². The average Bonchev–Trinajstić information content (AvgIpc) is 3.24. The number of carbonyl (C=O) groups is 1. The smallest absolute Gasteiger partial charge is 0.543 e. The van der Waals surface area contributed by atoms with Crippen LogP contribution in [0.15, 0.2) is 12.3 Å². The van der Waals surface area contributed by atoms with E-state index in [0.29, 0.717) is 23.6 Å². The van der Waals surface area contributed by atoms with E-state index in [9.17, 15) is 9.90 Å². The summed E-state index contributed by atoms with van der Waals surface area (Å²) in [5, 5.41) is 16.0. The first-order valence-electron chi connectivity index (χ1n) is 8.01. The summed E-state index contributed by atoms with van der Waals surface area (Å²) in [5.41, 5.74) is 1.57. The first-order valence-corrected chi connectivity index (χ1v) is 11.7. The van der Waals surface area contributed by atoms with Gasteiger partial charge in [-0.3, -0.25) is 0 Å². The summed E-state index contributed by atoms with van der Waals surface area (Å²) in [7, 11) is -1.15. The molecule has 2 heterocycles. The normalized spacial score (nSPS) is 14.6. The zero-order valence-corrected chi connectivity index (χ0v) is 22.1. The van der Waals surface area contributed by atoms with Gasteiger partial charge in [0, 0.05) is 26.3 Å². The van der Waals surface area contributed by atoms with Gasteiger partial charge in [0.05, 0.1) is 5.97 Å². The quantitative estimate of drug-likeness (QED) is 0.387. The Labute approximate surface area is 201 Å². The molecule has 1 saturated carbocycles. The molecule has 1 aliphatic rings. The van der Waals surface area contributed by atoms with Gasteiger partial charge >= 0.3 is 68.9 Å². The van der Waals surface area contributed by atoms with Gasteiger partial charge in [0.2, 0.25) is 0 Å². The van der Waals surface area contributed by atoms with Crippen LogP contribution in [0, 0.1) is 0 Å². The number of carboxylic acids is 1. The van der Waals surface area contributed by atoms with E-state index in [1.807, 2.05) is 12.3 Å². The molecule has 0 saturated heterocycles. The molecule has 0 amide bonds.